The number of benzene rings is 2. The van der Waals surface area contributed by atoms with Gasteiger partial charge in [-0.15, -0.1) is 0 Å². The third-order valence-corrected chi connectivity index (χ3v) is 5.04. The molecule has 1 amide bonds. The van der Waals surface area contributed by atoms with E-state index in [0.29, 0.717) is 11.8 Å². The Morgan fingerprint density at radius 1 is 1.03 bits per heavy atom. The van der Waals surface area contributed by atoms with Gasteiger partial charge in [0.2, 0.25) is 0 Å². The largest absolute Gasteiger partial charge is 0.478 e. The Morgan fingerprint density at radius 3 is 2.19 bits per heavy atom. The fourth-order valence-electron chi connectivity index (χ4n) is 3.47. The quantitative estimate of drug-likeness (QED) is 0.520. The van der Waals surface area contributed by atoms with Crippen LogP contribution in [0.1, 0.15) is 19.4 Å². The number of hydrogen-bond donors (Lipinski definition) is 0. The first-order valence-electron chi connectivity index (χ1n) is 9.63. The molecule has 0 N–H and O–H groups in total. The topological polar surface area (TPSA) is 75.9 Å². The molecule has 0 aliphatic carbocycles. The van der Waals surface area contributed by atoms with E-state index in [9.17, 15) is 28.1 Å². The van der Waals surface area contributed by atoms with Crippen molar-refractivity contribution in [2.45, 2.75) is 25.6 Å². The molecule has 10 heteroatoms. The molecule has 1 heterocycles. The molecule has 0 atom stereocenters. The Kier molecular flexibility index (Phi) is 6.10. The molecule has 3 rings (SSSR count). The lowest BCUT2D eigenvalue weighted by atomic mass is 10.1. The van der Waals surface area contributed by atoms with Gasteiger partial charge in [0.1, 0.15) is 11.4 Å². The number of nitro groups is 1. The summed E-state index contributed by atoms with van der Waals surface area (Å²) >= 11 is 0. The number of alkyl halides is 3. The molecule has 166 valence electrons. The number of rotatable bonds is 5. The van der Waals surface area contributed by atoms with E-state index in [4.69, 9.17) is 4.74 Å². The molecule has 0 bridgehead atoms. The third kappa shape index (κ3) is 5.07. The minimum Gasteiger partial charge on any atom is -0.478 e. The predicted molar refractivity (Wildman–Crippen MR) is 108 cm³/mol. The first-order chi connectivity index (χ1) is 14.5. The van der Waals surface area contributed by atoms with Gasteiger partial charge >= 0.3 is 6.18 Å². The lowest BCUT2D eigenvalue weighted by Crippen LogP contribution is -2.55. The third-order valence-electron chi connectivity index (χ3n) is 5.04. The molecule has 1 fully saturated rings. The SMILES string of the molecule is CC(C)(Oc1ccccc1)C(=O)N1CCN(c2ccc(C(F)(F)F)cc2[N+](=O)[O-])CC1. The molecule has 1 saturated heterocycles. The van der Waals surface area contributed by atoms with Crippen LogP contribution in [0.4, 0.5) is 24.5 Å². The summed E-state index contributed by atoms with van der Waals surface area (Å²) in [5, 5.41) is 11.4. The fourth-order valence-corrected chi connectivity index (χ4v) is 3.47. The predicted octanol–water partition coefficient (Wildman–Crippen LogP) is 4.12. The van der Waals surface area contributed by atoms with Gasteiger partial charge in [0.25, 0.3) is 11.6 Å². The van der Waals surface area contributed by atoms with Gasteiger partial charge in [0, 0.05) is 32.2 Å². The van der Waals surface area contributed by atoms with Crippen molar-refractivity contribution in [2.75, 3.05) is 31.1 Å². The molecular weight excluding hydrogens is 415 g/mol. The second-order valence-corrected chi connectivity index (χ2v) is 7.66. The Bertz CT molecular complexity index is 956. The summed E-state index contributed by atoms with van der Waals surface area (Å²) in [6.45, 7) is 4.35. The number of anilines is 1. The number of para-hydroxylation sites is 1. The maximum atomic E-state index is 12.9. The summed E-state index contributed by atoms with van der Waals surface area (Å²) in [6, 6.07) is 11.4. The standard InChI is InChI=1S/C21H22F3N3O4/c1-20(2,31-16-6-4-3-5-7-16)19(28)26-12-10-25(11-13-26)17-9-8-15(21(22,23)24)14-18(17)27(29)30/h3-9,14H,10-13H2,1-2H3. The van der Waals surface area contributed by atoms with Gasteiger partial charge in [0.05, 0.1) is 10.5 Å². The summed E-state index contributed by atoms with van der Waals surface area (Å²) in [6.07, 6.45) is -4.67. The van der Waals surface area contributed by atoms with Gasteiger partial charge in [-0.3, -0.25) is 14.9 Å². The molecule has 7 nitrogen and oxygen atoms in total. The monoisotopic (exact) mass is 437 g/mol. The molecule has 0 saturated carbocycles. The highest BCUT2D eigenvalue weighted by Gasteiger charge is 2.37. The zero-order valence-corrected chi connectivity index (χ0v) is 17.1. The molecule has 2 aromatic carbocycles. The van der Waals surface area contributed by atoms with Gasteiger partial charge in [-0.2, -0.15) is 13.2 Å². The zero-order valence-electron chi connectivity index (χ0n) is 17.1. The van der Waals surface area contributed by atoms with Crippen molar-refractivity contribution in [2.24, 2.45) is 0 Å². The van der Waals surface area contributed by atoms with Crippen molar-refractivity contribution >= 4 is 17.3 Å². The molecule has 0 spiro atoms. The number of hydrogen-bond acceptors (Lipinski definition) is 5. The lowest BCUT2D eigenvalue weighted by Gasteiger charge is -2.39. The smallest absolute Gasteiger partial charge is 0.416 e. The molecule has 1 aliphatic heterocycles. The van der Waals surface area contributed by atoms with Crippen molar-refractivity contribution in [1.29, 1.82) is 0 Å². The van der Waals surface area contributed by atoms with Crippen LogP contribution in [0, 0.1) is 10.1 Å². The molecule has 0 unspecified atom stereocenters. The summed E-state index contributed by atoms with van der Waals surface area (Å²) in [4.78, 5) is 26.7. The van der Waals surface area contributed by atoms with Gasteiger partial charge < -0.3 is 14.5 Å². The van der Waals surface area contributed by atoms with E-state index in [1.165, 1.54) is 0 Å². The van der Waals surface area contributed by atoms with E-state index in [-0.39, 0.29) is 37.8 Å². The Balaban J connectivity index is 1.70. The van der Waals surface area contributed by atoms with Crippen LogP contribution in [0.2, 0.25) is 0 Å². The van der Waals surface area contributed by atoms with Crippen LogP contribution in [-0.4, -0.2) is 47.5 Å². The van der Waals surface area contributed by atoms with Crippen molar-refractivity contribution in [3.05, 3.63) is 64.2 Å². The second-order valence-electron chi connectivity index (χ2n) is 7.66. The minimum absolute atomic E-state index is 0.102. The minimum atomic E-state index is -4.67. The normalized spacial score (nSPS) is 15.0. The summed E-state index contributed by atoms with van der Waals surface area (Å²) in [7, 11) is 0. The highest BCUT2D eigenvalue weighted by atomic mass is 19.4. The number of nitro benzene ring substituents is 1. The van der Waals surface area contributed by atoms with Crippen molar-refractivity contribution in [3.63, 3.8) is 0 Å². The molecule has 0 aromatic heterocycles. The fraction of sp³-hybridized carbons (Fsp3) is 0.381. The van der Waals surface area contributed by atoms with E-state index in [2.05, 4.69) is 0 Å². The van der Waals surface area contributed by atoms with Crippen molar-refractivity contribution in [1.82, 2.24) is 4.90 Å². The van der Waals surface area contributed by atoms with Crippen LogP contribution >= 0.6 is 0 Å². The van der Waals surface area contributed by atoms with E-state index in [1.807, 2.05) is 6.07 Å². The van der Waals surface area contributed by atoms with Crippen LogP contribution in [0.25, 0.3) is 0 Å². The Labute approximate surface area is 177 Å². The van der Waals surface area contributed by atoms with E-state index < -0.39 is 28.0 Å². The summed E-state index contributed by atoms with van der Waals surface area (Å²) in [5.41, 5.74) is -2.70. The van der Waals surface area contributed by atoms with Gasteiger partial charge in [-0.25, -0.2) is 0 Å². The number of amides is 1. The number of carbonyl (C=O) groups excluding carboxylic acids is 1. The van der Waals surface area contributed by atoms with Gasteiger partial charge in [-0.05, 0) is 38.1 Å². The number of ether oxygens (including phenoxy) is 1. The molecule has 31 heavy (non-hydrogen) atoms. The molecule has 0 radical (unpaired) electrons. The van der Waals surface area contributed by atoms with Crippen LogP contribution < -0.4 is 9.64 Å². The number of halogens is 3. The molecule has 2 aromatic rings. The number of nitrogens with zero attached hydrogens (tertiary/aromatic N) is 3. The number of piperazine rings is 1. The maximum absolute atomic E-state index is 12.9. The van der Waals surface area contributed by atoms with Gasteiger partial charge in [-0.1, -0.05) is 18.2 Å². The Morgan fingerprint density at radius 2 is 1.65 bits per heavy atom. The maximum Gasteiger partial charge on any atom is 0.416 e. The van der Waals surface area contributed by atoms with Gasteiger partial charge in [0.15, 0.2) is 5.60 Å². The van der Waals surface area contributed by atoms with Crippen LogP contribution in [-0.2, 0) is 11.0 Å². The first kappa shape index (κ1) is 22.4. The highest BCUT2D eigenvalue weighted by Crippen LogP contribution is 2.37. The van der Waals surface area contributed by atoms with E-state index >= 15 is 0 Å². The van der Waals surface area contributed by atoms with Crippen molar-refractivity contribution in [3.8, 4) is 5.75 Å². The highest BCUT2D eigenvalue weighted by molar-refractivity contribution is 5.85. The molecule has 1 aliphatic rings. The van der Waals surface area contributed by atoms with Crippen LogP contribution in [0.5, 0.6) is 5.75 Å². The first-order valence-corrected chi connectivity index (χ1v) is 9.63. The van der Waals surface area contributed by atoms with E-state index in [1.54, 1.807) is 47.9 Å². The lowest BCUT2D eigenvalue weighted by molar-refractivity contribution is -0.384. The summed E-state index contributed by atoms with van der Waals surface area (Å²) in [5.74, 6) is 0.317. The van der Waals surface area contributed by atoms with Crippen molar-refractivity contribution < 1.29 is 27.6 Å². The second kappa shape index (κ2) is 8.44. The van der Waals surface area contributed by atoms with Crippen LogP contribution in [0.3, 0.4) is 0 Å². The van der Waals surface area contributed by atoms with E-state index in [0.717, 1.165) is 12.1 Å². The average Bonchev–Trinajstić information content (AvgIpc) is 2.72. The number of carbonyl (C=O) groups is 1. The Hall–Kier alpha value is -3.30. The average molecular weight is 437 g/mol. The summed E-state index contributed by atoms with van der Waals surface area (Å²) < 4.78 is 44.6. The zero-order chi connectivity index (χ0) is 22.8. The molecular formula is C21H22F3N3O4. The van der Waals surface area contributed by atoms with Crippen LogP contribution in [0.15, 0.2) is 48.5 Å².